The van der Waals surface area contributed by atoms with E-state index in [2.05, 4.69) is 48.5 Å². The second kappa shape index (κ2) is 10.4. The third-order valence-corrected chi connectivity index (χ3v) is 8.17. The minimum absolute atomic E-state index is 0.178. The fourth-order valence-electron chi connectivity index (χ4n) is 3.04. The molecule has 0 aromatic heterocycles. The van der Waals surface area contributed by atoms with E-state index in [1.807, 2.05) is 31.2 Å². The molecule has 0 saturated heterocycles. The van der Waals surface area contributed by atoms with Crippen LogP contribution in [0.1, 0.15) is 5.56 Å². The van der Waals surface area contributed by atoms with Crippen LogP contribution in [0.15, 0.2) is 114 Å². The maximum absolute atomic E-state index is 10.4. The van der Waals surface area contributed by atoms with Crippen molar-refractivity contribution < 1.29 is 18.1 Å². The summed E-state index contributed by atoms with van der Waals surface area (Å²) in [5.74, 6) is 0.316. The molecule has 0 atom stereocenters. The van der Waals surface area contributed by atoms with Gasteiger partial charge in [-0.25, -0.2) is 8.42 Å². The Bertz CT molecular complexity index is 1150. The van der Waals surface area contributed by atoms with Gasteiger partial charge < -0.3 is 9.66 Å². The second-order valence-corrected chi connectivity index (χ2v) is 10.8. The Hall–Kier alpha value is -2.98. The smallest absolute Gasteiger partial charge is 0.124 e. The molecule has 4 nitrogen and oxygen atoms in total. The number of phenolic OH excluding ortho intramolecular Hbond substituents is 1. The van der Waals surface area contributed by atoms with Crippen LogP contribution in [-0.4, -0.2) is 18.1 Å². The molecule has 158 valence electrons. The molecule has 0 radical (unpaired) electrons. The number of aromatic hydroxyl groups is 1. The normalized spacial score (nSPS) is 10.9. The van der Waals surface area contributed by atoms with Crippen LogP contribution < -0.4 is 15.9 Å². The van der Waals surface area contributed by atoms with Crippen LogP contribution in [-0.2, 0) is 10.1 Å². The Morgan fingerprint density at radius 3 is 1.48 bits per heavy atom. The van der Waals surface area contributed by atoms with Crippen LogP contribution in [0, 0.1) is 6.92 Å². The minimum atomic E-state index is -4.27. The third-order valence-electron chi connectivity index (χ3n) is 4.59. The molecule has 0 amide bonds. The van der Waals surface area contributed by atoms with Gasteiger partial charge >= 0.3 is 0 Å². The highest BCUT2D eigenvalue weighted by atomic mass is 32.2. The molecule has 4 aromatic rings. The first-order valence-corrected chi connectivity index (χ1v) is 12.6. The molecule has 0 unspecified atom stereocenters. The van der Waals surface area contributed by atoms with Gasteiger partial charge in [-0.05, 0) is 67.6 Å². The average molecular weight is 450 g/mol. The van der Waals surface area contributed by atoms with Crippen LogP contribution >= 0.6 is 7.92 Å². The first kappa shape index (κ1) is 22.7. The molecule has 0 aliphatic heterocycles. The second-order valence-electron chi connectivity index (χ2n) is 6.92. The van der Waals surface area contributed by atoms with Crippen molar-refractivity contribution in [2.75, 3.05) is 0 Å². The van der Waals surface area contributed by atoms with E-state index < -0.39 is 18.0 Å². The first-order chi connectivity index (χ1) is 14.8. The highest BCUT2D eigenvalue weighted by Crippen LogP contribution is 2.32. The molecular weight excluding hydrogens is 427 g/mol. The van der Waals surface area contributed by atoms with Gasteiger partial charge in [0.05, 0.1) is 12.8 Å². The quantitative estimate of drug-likeness (QED) is 0.379. The van der Waals surface area contributed by atoms with E-state index in [0.717, 1.165) is 5.56 Å². The Kier molecular flexibility index (Phi) is 7.59. The molecule has 0 heterocycles. The average Bonchev–Trinajstić information content (AvgIpc) is 2.77. The zero-order valence-corrected chi connectivity index (χ0v) is 18.8. The van der Waals surface area contributed by atoms with E-state index in [0.29, 0.717) is 5.75 Å². The molecule has 31 heavy (non-hydrogen) atoms. The molecule has 0 saturated carbocycles. The molecule has 0 aliphatic carbocycles. The lowest BCUT2D eigenvalue weighted by molar-refractivity contribution is 0.463. The standard InChI is InChI=1S/C18H15OP.C7H8O3S/c19-15-11-13-18(14-12-15)20(16-7-3-1-4-8-16)17-9-5-2-6-10-17;1-6-2-4-7(5-3-6)11(8,9)10/h1-14,19H;2-5H,1H3,(H,8,9,10). The van der Waals surface area contributed by atoms with Crippen molar-refractivity contribution in [3.05, 3.63) is 115 Å². The summed E-state index contributed by atoms with van der Waals surface area (Å²) in [6.45, 7) is 1.82. The largest absolute Gasteiger partial charge is 0.744 e. The zero-order chi connectivity index (χ0) is 22.3. The van der Waals surface area contributed by atoms with Gasteiger partial charge in [0.15, 0.2) is 0 Å². The van der Waals surface area contributed by atoms with Gasteiger partial charge in [-0.15, -0.1) is 0 Å². The molecule has 0 bridgehead atoms. The van der Waals surface area contributed by atoms with Gasteiger partial charge in [0.25, 0.3) is 0 Å². The summed E-state index contributed by atoms with van der Waals surface area (Å²) in [5.41, 5.74) is 0.928. The molecule has 0 spiro atoms. The Morgan fingerprint density at radius 1 is 0.645 bits per heavy atom. The van der Waals surface area contributed by atoms with Crippen LogP contribution in [0.3, 0.4) is 0 Å². The van der Waals surface area contributed by atoms with E-state index in [-0.39, 0.29) is 4.90 Å². The highest BCUT2D eigenvalue weighted by molar-refractivity contribution is 7.85. The van der Waals surface area contributed by atoms with Crippen molar-refractivity contribution in [1.29, 1.82) is 0 Å². The lowest BCUT2D eigenvalue weighted by atomic mass is 10.2. The molecule has 4 aromatic carbocycles. The maximum atomic E-state index is 10.4. The van der Waals surface area contributed by atoms with Gasteiger partial charge in [-0.1, -0.05) is 54.1 Å². The van der Waals surface area contributed by atoms with Crippen LogP contribution in [0.25, 0.3) is 0 Å². The Balaban J connectivity index is 0.000000210. The molecule has 4 rings (SSSR count). The van der Waals surface area contributed by atoms with Gasteiger partial charge in [-0.2, -0.15) is 0 Å². The number of phenols is 1. The zero-order valence-electron chi connectivity index (χ0n) is 17.0. The SMILES string of the molecule is Cc1ccc(S(=O)(=O)[O-])cc1.Oc1ccc([PH+](c2ccccc2)c2ccccc2)cc1. The maximum Gasteiger partial charge on any atom is 0.124 e. The van der Waals surface area contributed by atoms with E-state index in [9.17, 15) is 18.1 Å². The highest BCUT2D eigenvalue weighted by Gasteiger charge is 2.24. The van der Waals surface area contributed by atoms with Crippen LogP contribution in [0.4, 0.5) is 0 Å². The monoisotopic (exact) mass is 450 g/mol. The van der Waals surface area contributed by atoms with Crippen molar-refractivity contribution in [2.24, 2.45) is 0 Å². The Labute approximate surface area is 184 Å². The summed E-state index contributed by atoms with van der Waals surface area (Å²) in [6, 6.07) is 34.6. The predicted molar refractivity (Wildman–Crippen MR) is 127 cm³/mol. The summed E-state index contributed by atoms with van der Waals surface area (Å²) in [6.07, 6.45) is 0. The number of hydrogen-bond donors (Lipinski definition) is 1. The number of rotatable bonds is 4. The predicted octanol–water partition coefficient (Wildman–Crippen LogP) is 3.78. The molecule has 0 aliphatic rings. The van der Waals surface area contributed by atoms with Crippen molar-refractivity contribution in [3.63, 3.8) is 0 Å². The fraction of sp³-hybridized carbons (Fsp3) is 0.0400. The topological polar surface area (TPSA) is 77.4 Å². The molecule has 0 fully saturated rings. The van der Waals surface area contributed by atoms with Crippen molar-refractivity contribution in [2.45, 2.75) is 11.8 Å². The summed E-state index contributed by atoms with van der Waals surface area (Å²) in [4.78, 5) is -0.178. The Morgan fingerprint density at radius 2 is 1.06 bits per heavy atom. The lowest BCUT2D eigenvalue weighted by Gasteiger charge is -2.10. The van der Waals surface area contributed by atoms with Crippen LogP contribution in [0.5, 0.6) is 5.75 Å². The molecule has 1 N–H and O–H groups in total. The van der Waals surface area contributed by atoms with Crippen molar-refractivity contribution in [3.8, 4) is 5.75 Å². The van der Waals surface area contributed by atoms with Crippen molar-refractivity contribution >= 4 is 34.0 Å². The number of hydrogen-bond acceptors (Lipinski definition) is 4. The number of aryl methyl sites for hydroxylation is 1. The third kappa shape index (κ3) is 6.50. The lowest BCUT2D eigenvalue weighted by Crippen LogP contribution is -2.20. The van der Waals surface area contributed by atoms with Gasteiger partial charge in [-0.3, -0.25) is 0 Å². The minimum Gasteiger partial charge on any atom is -0.744 e. The van der Waals surface area contributed by atoms with E-state index in [1.54, 1.807) is 24.3 Å². The first-order valence-electron chi connectivity index (χ1n) is 9.64. The summed E-state index contributed by atoms with van der Waals surface area (Å²) < 4.78 is 31.2. The van der Waals surface area contributed by atoms with Gasteiger partial charge in [0, 0.05) is 0 Å². The summed E-state index contributed by atoms with van der Waals surface area (Å²) >= 11 is 0. The van der Waals surface area contributed by atoms with E-state index >= 15 is 0 Å². The van der Waals surface area contributed by atoms with Gasteiger partial charge in [0.1, 0.15) is 31.8 Å². The number of benzene rings is 4. The van der Waals surface area contributed by atoms with Crippen LogP contribution in [0.2, 0.25) is 0 Å². The molecular formula is C25H23O4PS. The fourth-order valence-corrected chi connectivity index (χ4v) is 6.06. The van der Waals surface area contributed by atoms with Crippen molar-refractivity contribution in [1.82, 2.24) is 0 Å². The summed E-state index contributed by atoms with van der Waals surface area (Å²) in [5, 5.41) is 13.5. The summed E-state index contributed by atoms with van der Waals surface area (Å²) in [7, 11) is -5.27. The van der Waals surface area contributed by atoms with Gasteiger partial charge in [0.2, 0.25) is 0 Å². The van der Waals surface area contributed by atoms with E-state index in [4.69, 9.17) is 0 Å². The molecule has 6 heteroatoms. The van der Waals surface area contributed by atoms with E-state index in [1.165, 1.54) is 28.0 Å².